The van der Waals surface area contributed by atoms with Crippen molar-refractivity contribution < 1.29 is 4.74 Å². The molecule has 0 spiro atoms. The lowest BCUT2D eigenvalue weighted by Gasteiger charge is -2.06. The Bertz CT molecular complexity index is 529. The zero-order valence-electron chi connectivity index (χ0n) is 9.81. The van der Waals surface area contributed by atoms with Gasteiger partial charge in [-0.3, -0.25) is 0 Å². The standard InChI is InChI=1S/C13H14N2OS/c1-9-6-10(14)8-15-13(9)17-12-5-3-4-11(7-12)16-2/h3-8H,14H2,1-2H3. The molecule has 0 aliphatic carbocycles. The molecule has 1 heterocycles. The fraction of sp³-hybridized carbons (Fsp3) is 0.154. The lowest BCUT2D eigenvalue weighted by molar-refractivity contribution is 0.413. The van der Waals surface area contributed by atoms with E-state index in [9.17, 15) is 0 Å². The predicted octanol–water partition coefficient (Wildman–Crippen LogP) is 3.13. The molecule has 2 rings (SSSR count). The Labute approximate surface area is 105 Å². The van der Waals surface area contributed by atoms with Crippen molar-refractivity contribution in [3.63, 3.8) is 0 Å². The van der Waals surface area contributed by atoms with Crippen LogP contribution in [-0.2, 0) is 0 Å². The van der Waals surface area contributed by atoms with Gasteiger partial charge in [-0.05, 0) is 36.8 Å². The van der Waals surface area contributed by atoms with Gasteiger partial charge in [0.2, 0.25) is 0 Å². The molecule has 0 aliphatic rings. The summed E-state index contributed by atoms with van der Waals surface area (Å²) >= 11 is 1.61. The molecular formula is C13H14N2OS. The summed E-state index contributed by atoms with van der Waals surface area (Å²) in [6.45, 7) is 2.01. The molecule has 1 aromatic carbocycles. The molecule has 4 heteroatoms. The second kappa shape index (κ2) is 5.10. The number of hydrogen-bond donors (Lipinski definition) is 1. The van der Waals surface area contributed by atoms with Crippen LogP contribution in [0, 0.1) is 6.92 Å². The first-order valence-electron chi connectivity index (χ1n) is 5.23. The Morgan fingerprint density at radius 3 is 2.82 bits per heavy atom. The molecule has 0 radical (unpaired) electrons. The number of aromatic nitrogens is 1. The Morgan fingerprint density at radius 1 is 1.29 bits per heavy atom. The number of hydrogen-bond acceptors (Lipinski definition) is 4. The van der Waals surface area contributed by atoms with Gasteiger partial charge in [0, 0.05) is 4.90 Å². The van der Waals surface area contributed by atoms with E-state index in [0.717, 1.165) is 21.2 Å². The van der Waals surface area contributed by atoms with Gasteiger partial charge < -0.3 is 10.5 Å². The van der Waals surface area contributed by atoms with E-state index in [-0.39, 0.29) is 0 Å². The minimum absolute atomic E-state index is 0.692. The highest BCUT2D eigenvalue weighted by Gasteiger charge is 2.04. The molecule has 0 aliphatic heterocycles. The van der Waals surface area contributed by atoms with Gasteiger partial charge in [-0.2, -0.15) is 0 Å². The molecule has 3 nitrogen and oxygen atoms in total. The van der Waals surface area contributed by atoms with Crippen LogP contribution in [0.4, 0.5) is 5.69 Å². The van der Waals surface area contributed by atoms with Gasteiger partial charge in [0.05, 0.1) is 19.0 Å². The fourth-order valence-electron chi connectivity index (χ4n) is 1.47. The molecule has 0 amide bonds. The molecular weight excluding hydrogens is 232 g/mol. The number of ether oxygens (including phenoxy) is 1. The van der Waals surface area contributed by atoms with Crippen molar-refractivity contribution in [2.75, 3.05) is 12.8 Å². The van der Waals surface area contributed by atoms with E-state index < -0.39 is 0 Å². The molecule has 2 N–H and O–H groups in total. The molecule has 17 heavy (non-hydrogen) atoms. The summed E-state index contributed by atoms with van der Waals surface area (Å²) in [5.41, 5.74) is 7.45. The Kier molecular flexibility index (Phi) is 3.54. The number of nitrogens with zero attached hydrogens (tertiary/aromatic N) is 1. The topological polar surface area (TPSA) is 48.1 Å². The molecule has 2 aromatic rings. The summed E-state index contributed by atoms with van der Waals surface area (Å²) in [7, 11) is 1.66. The normalized spacial score (nSPS) is 10.2. The van der Waals surface area contributed by atoms with E-state index in [1.807, 2.05) is 37.3 Å². The van der Waals surface area contributed by atoms with Crippen molar-refractivity contribution in [2.45, 2.75) is 16.8 Å². The van der Waals surface area contributed by atoms with Crippen LogP contribution in [0.25, 0.3) is 0 Å². The van der Waals surface area contributed by atoms with Crippen molar-refractivity contribution in [1.29, 1.82) is 0 Å². The van der Waals surface area contributed by atoms with Crippen LogP contribution in [-0.4, -0.2) is 12.1 Å². The maximum Gasteiger partial charge on any atom is 0.119 e. The third kappa shape index (κ3) is 2.91. The van der Waals surface area contributed by atoms with Gasteiger partial charge >= 0.3 is 0 Å². The smallest absolute Gasteiger partial charge is 0.119 e. The van der Waals surface area contributed by atoms with E-state index >= 15 is 0 Å². The van der Waals surface area contributed by atoms with E-state index in [1.54, 1.807) is 25.1 Å². The number of methoxy groups -OCH3 is 1. The van der Waals surface area contributed by atoms with Crippen molar-refractivity contribution in [2.24, 2.45) is 0 Å². The first kappa shape index (κ1) is 11.8. The number of rotatable bonds is 3. The van der Waals surface area contributed by atoms with Crippen LogP contribution >= 0.6 is 11.8 Å². The van der Waals surface area contributed by atoms with Crippen LogP contribution in [0.15, 0.2) is 46.5 Å². The summed E-state index contributed by atoms with van der Waals surface area (Å²) in [6.07, 6.45) is 1.68. The molecule has 0 atom stereocenters. The molecule has 0 unspecified atom stereocenters. The van der Waals surface area contributed by atoms with Crippen LogP contribution < -0.4 is 10.5 Å². The molecule has 0 bridgehead atoms. The highest BCUT2D eigenvalue weighted by Crippen LogP contribution is 2.31. The number of nitrogen functional groups attached to an aromatic ring is 1. The average molecular weight is 246 g/mol. The van der Waals surface area contributed by atoms with E-state index in [1.165, 1.54) is 0 Å². The van der Waals surface area contributed by atoms with E-state index in [4.69, 9.17) is 10.5 Å². The molecule has 0 fully saturated rings. The summed E-state index contributed by atoms with van der Waals surface area (Å²) in [5, 5.41) is 0.965. The lowest BCUT2D eigenvalue weighted by atomic mass is 10.3. The second-order valence-corrected chi connectivity index (χ2v) is 4.73. The highest BCUT2D eigenvalue weighted by molar-refractivity contribution is 7.99. The third-order valence-corrected chi connectivity index (χ3v) is 3.42. The monoisotopic (exact) mass is 246 g/mol. The van der Waals surface area contributed by atoms with Crippen LogP contribution in [0.2, 0.25) is 0 Å². The molecule has 0 saturated heterocycles. The number of benzene rings is 1. The average Bonchev–Trinajstić information content (AvgIpc) is 2.33. The van der Waals surface area contributed by atoms with E-state index in [2.05, 4.69) is 4.98 Å². The van der Waals surface area contributed by atoms with Gasteiger partial charge in [0.1, 0.15) is 10.8 Å². The fourth-order valence-corrected chi connectivity index (χ4v) is 2.34. The van der Waals surface area contributed by atoms with Crippen molar-refractivity contribution in [3.8, 4) is 5.75 Å². The van der Waals surface area contributed by atoms with Crippen molar-refractivity contribution in [1.82, 2.24) is 4.98 Å². The number of nitrogens with two attached hydrogens (primary N) is 1. The minimum atomic E-state index is 0.692. The lowest BCUT2D eigenvalue weighted by Crippen LogP contribution is -1.91. The Balaban J connectivity index is 2.25. The second-order valence-electron chi connectivity index (χ2n) is 3.67. The first-order chi connectivity index (χ1) is 8.19. The summed E-state index contributed by atoms with van der Waals surface area (Å²) in [5.74, 6) is 0.850. The maximum atomic E-state index is 5.67. The zero-order valence-corrected chi connectivity index (χ0v) is 10.6. The van der Waals surface area contributed by atoms with Gasteiger partial charge in [-0.25, -0.2) is 4.98 Å². The van der Waals surface area contributed by atoms with Crippen molar-refractivity contribution in [3.05, 3.63) is 42.1 Å². The molecule has 0 saturated carbocycles. The zero-order chi connectivity index (χ0) is 12.3. The number of aryl methyl sites for hydroxylation is 1. The van der Waals surface area contributed by atoms with Crippen molar-refractivity contribution >= 4 is 17.4 Å². The Hall–Kier alpha value is -1.68. The Morgan fingerprint density at radius 2 is 2.12 bits per heavy atom. The van der Waals surface area contributed by atoms with Crippen LogP contribution in [0.5, 0.6) is 5.75 Å². The maximum absolute atomic E-state index is 5.67. The highest BCUT2D eigenvalue weighted by atomic mass is 32.2. The van der Waals surface area contributed by atoms with E-state index in [0.29, 0.717) is 5.69 Å². The van der Waals surface area contributed by atoms with Gasteiger partial charge in [0.25, 0.3) is 0 Å². The van der Waals surface area contributed by atoms with Gasteiger partial charge in [-0.15, -0.1) is 0 Å². The molecule has 88 valence electrons. The first-order valence-corrected chi connectivity index (χ1v) is 6.04. The largest absolute Gasteiger partial charge is 0.497 e. The summed E-state index contributed by atoms with van der Waals surface area (Å²) in [6, 6.07) is 9.84. The van der Waals surface area contributed by atoms with Gasteiger partial charge in [-0.1, -0.05) is 17.8 Å². The summed E-state index contributed by atoms with van der Waals surface area (Å²) in [4.78, 5) is 5.43. The number of pyridine rings is 1. The predicted molar refractivity (Wildman–Crippen MR) is 70.5 cm³/mol. The minimum Gasteiger partial charge on any atom is -0.497 e. The molecule has 1 aromatic heterocycles. The third-order valence-electron chi connectivity index (χ3n) is 2.31. The van der Waals surface area contributed by atoms with Crippen LogP contribution in [0.3, 0.4) is 0 Å². The summed E-state index contributed by atoms with van der Waals surface area (Å²) < 4.78 is 5.19. The number of anilines is 1. The van der Waals surface area contributed by atoms with Crippen LogP contribution in [0.1, 0.15) is 5.56 Å². The van der Waals surface area contributed by atoms with Gasteiger partial charge in [0.15, 0.2) is 0 Å². The quantitative estimate of drug-likeness (QED) is 0.904. The SMILES string of the molecule is COc1cccc(Sc2ncc(N)cc2C)c1.